The number of rotatable bonds is 7. The van der Waals surface area contributed by atoms with E-state index in [-0.39, 0.29) is 10.8 Å². The van der Waals surface area contributed by atoms with E-state index >= 15 is 0 Å². The van der Waals surface area contributed by atoms with Gasteiger partial charge in [-0.3, -0.25) is 4.79 Å². The highest BCUT2D eigenvalue weighted by Gasteiger charge is 2.09. The summed E-state index contributed by atoms with van der Waals surface area (Å²) in [5.41, 5.74) is 0.376. The quantitative estimate of drug-likeness (QED) is 0.725. The molecule has 20 heavy (non-hydrogen) atoms. The highest BCUT2D eigenvalue weighted by Crippen LogP contribution is 2.08. The molecule has 1 amide bonds. The Morgan fingerprint density at radius 2 is 1.90 bits per heavy atom. The van der Waals surface area contributed by atoms with Gasteiger partial charge in [0.05, 0.1) is 11.5 Å². The van der Waals surface area contributed by atoms with Crippen molar-refractivity contribution >= 4 is 15.9 Å². The largest absolute Gasteiger partial charge is 0.379 e. The first-order valence-electron chi connectivity index (χ1n) is 6.29. The van der Waals surface area contributed by atoms with Gasteiger partial charge in [-0.15, -0.1) is 0 Å². The van der Waals surface area contributed by atoms with Crippen molar-refractivity contribution in [2.24, 2.45) is 11.1 Å². The van der Waals surface area contributed by atoms with Gasteiger partial charge in [-0.05, 0) is 30.2 Å². The van der Waals surface area contributed by atoms with Gasteiger partial charge in [-0.2, -0.15) is 0 Å². The molecule has 3 N–H and O–H groups in total. The molecule has 0 unspecified atom stereocenters. The molecule has 0 spiro atoms. The van der Waals surface area contributed by atoms with Gasteiger partial charge in [0.2, 0.25) is 10.0 Å². The number of nitrogens with two attached hydrogens (primary N) is 1. The second-order valence-electron chi connectivity index (χ2n) is 4.79. The number of primary sulfonamides is 1. The number of hydrogen-bond donors (Lipinski definition) is 2. The van der Waals surface area contributed by atoms with Crippen molar-refractivity contribution in [2.75, 3.05) is 19.8 Å². The van der Waals surface area contributed by atoms with Crippen LogP contribution in [0.5, 0.6) is 0 Å². The molecule has 0 aliphatic rings. The molecule has 0 aliphatic heterocycles. The fraction of sp³-hybridized carbons (Fsp3) is 0.462. The summed E-state index contributed by atoms with van der Waals surface area (Å²) >= 11 is 0. The normalized spacial score (nSPS) is 11.6. The predicted molar refractivity (Wildman–Crippen MR) is 75.8 cm³/mol. The highest BCUT2D eigenvalue weighted by molar-refractivity contribution is 7.89. The molecule has 0 bridgehead atoms. The molecule has 112 valence electrons. The van der Waals surface area contributed by atoms with Crippen molar-refractivity contribution in [1.29, 1.82) is 0 Å². The van der Waals surface area contributed by atoms with Gasteiger partial charge < -0.3 is 10.1 Å². The predicted octanol–water partition coefficient (Wildman–Crippen LogP) is 0.736. The van der Waals surface area contributed by atoms with E-state index < -0.39 is 10.0 Å². The summed E-state index contributed by atoms with van der Waals surface area (Å²) in [6.45, 7) is 5.60. The molecule has 0 heterocycles. The number of hydrogen-bond acceptors (Lipinski definition) is 4. The Labute approximate surface area is 119 Å². The van der Waals surface area contributed by atoms with Crippen molar-refractivity contribution in [3.63, 3.8) is 0 Å². The number of benzene rings is 1. The van der Waals surface area contributed by atoms with Crippen LogP contribution < -0.4 is 10.5 Å². The third kappa shape index (κ3) is 5.68. The van der Waals surface area contributed by atoms with Crippen LogP contribution in [-0.2, 0) is 14.8 Å². The second-order valence-corrected chi connectivity index (χ2v) is 6.36. The molecule has 1 rings (SSSR count). The highest BCUT2D eigenvalue weighted by atomic mass is 32.2. The van der Waals surface area contributed by atoms with Gasteiger partial charge in [0, 0.05) is 18.7 Å². The molecule has 0 saturated carbocycles. The number of carbonyl (C=O) groups excluding carboxylic acids is 1. The minimum Gasteiger partial charge on any atom is -0.379 e. The zero-order valence-corrected chi connectivity index (χ0v) is 12.4. The number of nitrogens with one attached hydrogen (secondary N) is 1. The first kappa shape index (κ1) is 16.6. The third-order valence-corrected chi connectivity index (χ3v) is 3.36. The topological polar surface area (TPSA) is 98.5 Å². The molecule has 0 aliphatic carbocycles. The molecule has 1 aromatic carbocycles. The van der Waals surface area contributed by atoms with Crippen LogP contribution in [0.1, 0.15) is 24.2 Å². The standard InChI is InChI=1S/C13H20N2O4S/c1-10(2)9-19-8-7-15-13(16)11-3-5-12(6-4-11)20(14,17)18/h3-6,10H,7-9H2,1-2H3,(H,15,16)(H2,14,17,18). The van der Waals surface area contributed by atoms with E-state index in [1.807, 2.05) is 13.8 Å². The van der Waals surface area contributed by atoms with E-state index in [2.05, 4.69) is 5.32 Å². The Kier molecular flexibility index (Phi) is 6.12. The summed E-state index contributed by atoms with van der Waals surface area (Å²) in [5.74, 6) is 0.176. The van der Waals surface area contributed by atoms with Crippen molar-refractivity contribution in [2.45, 2.75) is 18.7 Å². The number of ether oxygens (including phenoxy) is 1. The summed E-state index contributed by atoms with van der Waals surface area (Å²) in [6, 6.07) is 5.45. The summed E-state index contributed by atoms with van der Waals surface area (Å²) < 4.78 is 27.5. The van der Waals surface area contributed by atoms with Crippen LogP contribution in [0.2, 0.25) is 0 Å². The maximum Gasteiger partial charge on any atom is 0.251 e. The van der Waals surface area contributed by atoms with Crippen LogP contribution in [0.15, 0.2) is 29.2 Å². The Hall–Kier alpha value is -1.44. The molecule has 1 aromatic rings. The molecule has 7 heteroatoms. The Balaban J connectivity index is 2.44. The van der Waals surface area contributed by atoms with Crippen LogP contribution in [0.3, 0.4) is 0 Å². The average Bonchev–Trinajstić information content (AvgIpc) is 2.37. The zero-order chi connectivity index (χ0) is 15.2. The minimum absolute atomic E-state index is 0.0192. The average molecular weight is 300 g/mol. The maximum atomic E-state index is 11.8. The monoisotopic (exact) mass is 300 g/mol. The zero-order valence-electron chi connectivity index (χ0n) is 11.6. The second kappa shape index (κ2) is 7.37. The SMILES string of the molecule is CC(C)COCCNC(=O)c1ccc(S(N)(=O)=O)cc1. The van der Waals surface area contributed by atoms with Gasteiger partial charge in [-0.25, -0.2) is 13.6 Å². The summed E-state index contributed by atoms with van der Waals surface area (Å²) in [7, 11) is -3.73. The lowest BCUT2D eigenvalue weighted by Gasteiger charge is -2.08. The van der Waals surface area contributed by atoms with E-state index in [9.17, 15) is 13.2 Å². The molecule has 0 radical (unpaired) electrons. The summed E-state index contributed by atoms with van der Waals surface area (Å²) in [6.07, 6.45) is 0. The number of carbonyl (C=O) groups is 1. The van der Waals surface area contributed by atoms with Gasteiger partial charge in [0.1, 0.15) is 0 Å². The number of amides is 1. The van der Waals surface area contributed by atoms with Crippen LogP contribution in [0.25, 0.3) is 0 Å². The molecule has 0 atom stereocenters. The van der Waals surface area contributed by atoms with Gasteiger partial charge in [-0.1, -0.05) is 13.8 Å². The first-order valence-corrected chi connectivity index (χ1v) is 7.84. The van der Waals surface area contributed by atoms with Crippen LogP contribution in [0, 0.1) is 5.92 Å². The van der Waals surface area contributed by atoms with Gasteiger partial charge >= 0.3 is 0 Å². The lowest BCUT2D eigenvalue weighted by atomic mass is 10.2. The van der Waals surface area contributed by atoms with Crippen LogP contribution >= 0.6 is 0 Å². The molecule has 0 saturated heterocycles. The molecule has 6 nitrogen and oxygen atoms in total. The van der Waals surface area contributed by atoms with Crippen molar-refractivity contribution in [3.8, 4) is 0 Å². The molecule has 0 aromatic heterocycles. The Bertz CT molecular complexity index is 538. The van der Waals surface area contributed by atoms with Gasteiger partial charge in [0.25, 0.3) is 5.91 Å². The third-order valence-electron chi connectivity index (χ3n) is 2.43. The van der Waals surface area contributed by atoms with Gasteiger partial charge in [0.15, 0.2) is 0 Å². The van der Waals surface area contributed by atoms with Crippen molar-refractivity contribution in [1.82, 2.24) is 5.32 Å². The Morgan fingerprint density at radius 3 is 2.40 bits per heavy atom. The van der Waals surface area contributed by atoms with Crippen LogP contribution in [0.4, 0.5) is 0 Å². The summed E-state index contributed by atoms with van der Waals surface area (Å²) in [4.78, 5) is 11.7. The Morgan fingerprint density at radius 1 is 1.30 bits per heavy atom. The van der Waals surface area contributed by atoms with E-state index in [0.717, 1.165) is 0 Å². The summed E-state index contributed by atoms with van der Waals surface area (Å²) in [5, 5.41) is 7.66. The smallest absolute Gasteiger partial charge is 0.251 e. The van der Waals surface area contributed by atoms with E-state index in [1.54, 1.807) is 0 Å². The lowest BCUT2D eigenvalue weighted by Crippen LogP contribution is -2.27. The van der Waals surface area contributed by atoms with Crippen molar-refractivity contribution < 1.29 is 17.9 Å². The maximum absolute atomic E-state index is 11.8. The molecular weight excluding hydrogens is 280 g/mol. The fourth-order valence-corrected chi connectivity index (χ4v) is 1.97. The van der Waals surface area contributed by atoms with Crippen LogP contribution in [-0.4, -0.2) is 34.1 Å². The molecular formula is C13H20N2O4S. The van der Waals surface area contributed by atoms with E-state index in [0.29, 0.717) is 31.2 Å². The van der Waals surface area contributed by atoms with E-state index in [4.69, 9.17) is 9.88 Å². The first-order chi connectivity index (χ1) is 9.30. The lowest BCUT2D eigenvalue weighted by molar-refractivity contribution is 0.0886. The molecule has 0 fully saturated rings. The van der Waals surface area contributed by atoms with Crippen molar-refractivity contribution in [3.05, 3.63) is 29.8 Å². The van der Waals surface area contributed by atoms with E-state index in [1.165, 1.54) is 24.3 Å². The minimum atomic E-state index is -3.73. The number of sulfonamides is 1. The fourth-order valence-electron chi connectivity index (χ4n) is 1.45.